The van der Waals surface area contributed by atoms with Gasteiger partial charge in [-0.05, 0) is 25.3 Å². The van der Waals surface area contributed by atoms with Gasteiger partial charge >= 0.3 is 0 Å². The van der Waals surface area contributed by atoms with E-state index in [1.54, 1.807) is 0 Å². The van der Waals surface area contributed by atoms with Crippen LogP contribution in [0.4, 0.5) is 0 Å². The summed E-state index contributed by atoms with van der Waals surface area (Å²) in [6.07, 6.45) is 2.49. The number of nitrogens with one attached hydrogen (secondary N) is 1. The molecule has 2 rings (SSSR count). The highest BCUT2D eigenvalue weighted by atomic mass is 35.5. The van der Waals surface area contributed by atoms with Crippen molar-refractivity contribution in [2.75, 3.05) is 5.88 Å². The molecule has 0 spiro atoms. The predicted octanol–water partition coefficient (Wildman–Crippen LogP) is 3.49. The molecular weight excluding hydrogens is 325 g/mol. The van der Waals surface area contributed by atoms with Gasteiger partial charge in [-0.3, -0.25) is 0 Å². The van der Waals surface area contributed by atoms with E-state index in [1.807, 2.05) is 0 Å². The number of rotatable bonds is 4. The number of hydrogen-bond donors (Lipinski definition) is 1. The van der Waals surface area contributed by atoms with Crippen LogP contribution in [0.2, 0.25) is 8.67 Å². The molecule has 17 heavy (non-hydrogen) atoms. The number of thiophene rings is 1. The Balaban J connectivity index is 2.28. The van der Waals surface area contributed by atoms with E-state index in [1.165, 1.54) is 6.07 Å². The summed E-state index contributed by atoms with van der Waals surface area (Å²) in [5, 5.41) is 0. The van der Waals surface area contributed by atoms with Crippen LogP contribution in [0.1, 0.15) is 19.3 Å². The SMILES string of the molecule is O=S(=O)(NC1(CCl)CCC1)c1cc(Cl)sc1Cl. The Kier molecular flexibility index (Phi) is 3.98. The van der Waals surface area contributed by atoms with Gasteiger partial charge < -0.3 is 0 Å². The molecule has 0 bridgehead atoms. The van der Waals surface area contributed by atoms with Gasteiger partial charge in [-0.15, -0.1) is 22.9 Å². The molecule has 0 unspecified atom stereocenters. The van der Waals surface area contributed by atoms with Gasteiger partial charge in [-0.1, -0.05) is 23.2 Å². The molecule has 96 valence electrons. The van der Waals surface area contributed by atoms with Crippen LogP contribution in [0.3, 0.4) is 0 Å². The summed E-state index contributed by atoms with van der Waals surface area (Å²) in [5.74, 6) is 0.266. The minimum Gasteiger partial charge on any atom is -0.207 e. The topological polar surface area (TPSA) is 46.2 Å². The Bertz CT molecular complexity index is 517. The van der Waals surface area contributed by atoms with E-state index in [9.17, 15) is 8.42 Å². The van der Waals surface area contributed by atoms with E-state index < -0.39 is 15.6 Å². The van der Waals surface area contributed by atoms with Gasteiger partial charge in [-0.25, -0.2) is 13.1 Å². The molecule has 8 heteroatoms. The summed E-state index contributed by atoms with van der Waals surface area (Å²) in [5.41, 5.74) is -0.516. The third-order valence-corrected chi connectivity index (χ3v) is 6.68. The zero-order valence-electron chi connectivity index (χ0n) is 8.67. The lowest BCUT2D eigenvalue weighted by Gasteiger charge is -2.40. The van der Waals surface area contributed by atoms with Crippen molar-refractivity contribution >= 4 is 56.2 Å². The average molecular weight is 335 g/mol. The molecule has 0 atom stereocenters. The summed E-state index contributed by atoms with van der Waals surface area (Å²) in [6.45, 7) is 0. The second-order valence-corrected chi connectivity index (χ2v) is 8.27. The van der Waals surface area contributed by atoms with E-state index in [0.29, 0.717) is 4.34 Å². The molecule has 0 aliphatic heterocycles. The zero-order chi connectivity index (χ0) is 12.7. The summed E-state index contributed by atoms with van der Waals surface area (Å²) >= 11 is 18.4. The van der Waals surface area contributed by atoms with Crippen molar-refractivity contribution in [3.63, 3.8) is 0 Å². The zero-order valence-corrected chi connectivity index (χ0v) is 12.6. The van der Waals surface area contributed by atoms with E-state index in [4.69, 9.17) is 34.8 Å². The molecule has 1 aromatic rings. The Morgan fingerprint density at radius 1 is 1.41 bits per heavy atom. The predicted molar refractivity (Wildman–Crippen MR) is 72.0 cm³/mol. The normalized spacial score (nSPS) is 19.0. The van der Waals surface area contributed by atoms with E-state index in [2.05, 4.69) is 4.72 Å². The quantitative estimate of drug-likeness (QED) is 0.857. The lowest BCUT2D eigenvalue weighted by Crippen LogP contribution is -2.54. The van der Waals surface area contributed by atoms with Crippen molar-refractivity contribution in [1.82, 2.24) is 4.72 Å². The Hall–Kier alpha value is 0.480. The smallest absolute Gasteiger partial charge is 0.207 e. The van der Waals surface area contributed by atoms with Gasteiger partial charge in [0, 0.05) is 11.4 Å². The highest BCUT2D eigenvalue weighted by Gasteiger charge is 2.40. The molecule has 1 heterocycles. The van der Waals surface area contributed by atoms with Crippen LogP contribution >= 0.6 is 46.1 Å². The highest BCUT2D eigenvalue weighted by Crippen LogP contribution is 2.38. The maximum absolute atomic E-state index is 12.1. The largest absolute Gasteiger partial charge is 0.243 e. The van der Waals surface area contributed by atoms with Crippen molar-refractivity contribution in [2.45, 2.75) is 29.7 Å². The van der Waals surface area contributed by atoms with Crippen molar-refractivity contribution in [3.8, 4) is 0 Å². The molecule has 3 nitrogen and oxygen atoms in total. The Labute approximate surface area is 119 Å². The fourth-order valence-corrected chi connectivity index (χ4v) is 5.74. The van der Waals surface area contributed by atoms with Crippen molar-refractivity contribution in [3.05, 3.63) is 14.7 Å². The lowest BCUT2D eigenvalue weighted by atomic mass is 9.79. The van der Waals surface area contributed by atoms with Gasteiger partial charge in [0.2, 0.25) is 10.0 Å². The molecule has 1 fully saturated rings. The van der Waals surface area contributed by atoms with Crippen LogP contribution in [0.5, 0.6) is 0 Å². The molecule has 0 saturated heterocycles. The fourth-order valence-electron chi connectivity index (χ4n) is 1.71. The number of sulfonamides is 1. The minimum absolute atomic E-state index is 0.0329. The second kappa shape index (κ2) is 4.87. The molecule has 1 N–H and O–H groups in total. The average Bonchev–Trinajstić information content (AvgIpc) is 2.52. The molecule has 0 aromatic carbocycles. The van der Waals surface area contributed by atoms with Gasteiger partial charge in [0.15, 0.2) is 0 Å². The summed E-state index contributed by atoms with van der Waals surface area (Å²) in [6, 6.07) is 1.36. The van der Waals surface area contributed by atoms with Crippen LogP contribution in [-0.2, 0) is 10.0 Å². The van der Waals surface area contributed by atoms with Crippen molar-refractivity contribution in [1.29, 1.82) is 0 Å². The molecule has 1 aromatic heterocycles. The van der Waals surface area contributed by atoms with Crippen LogP contribution in [0, 0.1) is 0 Å². The van der Waals surface area contributed by atoms with Gasteiger partial charge in [0.1, 0.15) is 9.23 Å². The van der Waals surface area contributed by atoms with Crippen LogP contribution < -0.4 is 4.72 Å². The van der Waals surface area contributed by atoms with E-state index >= 15 is 0 Å². The van der Waals surface area contributed by atoms with Crippen molar-refractivity contribution in [2.24, 2.45) is 0 Å². The first-order valence-corrected chi connectivity index (χ1v) is 8.52. The van der Waals surface area contributed by atoms with Crippen LogP contribution in [0.25, 0.3) is 0 Å². The molecule has 1 aliphatic carbocycles. The Morgan fingerprint density at radius 2 is 2.06 bits per heavy atom. The standard InChI is InChI=1S/C9H10Cl3NO2S2/c10-5-9(2-1-3-9)13-17(14,15)6-4-7(11)16-8(6)12/h4,13H,1-3,5H2. The maximum Gasteiger partial charge on any atom is 0.243 e. The number of halogens is 3. The Morgan fingerprint density at radius 3 is 2.41 bits per heavy atom. The molecule has 1 aliphatic rings. The molecule has 1 saturated carbocycles. The van der Waals surface area contributed by atoms with Gasteiger partial charge in [-0.2, -0.15) is 0 Å². The van der Waals surface area contributed by atoms with Crippen LogP contribution in [-0.4, -0.2) is 19.8 Å². The summed E-state index contributed by atoms with van der Waals surface area (Å²) < 4.78 is 27.4. The van der Waals surface area contributed by atoms with Crippen molar-refractivity contribution < 1.29 is 8.42 Å². The summed E-state index contributed by atoms with van der Waals surface area (Å²) in [4.78, 5) is 0.0329. The molecular formula is C9H10Cl3NO2S2. The first-order valence-electron chi connectivity index (χ1n) is 4.93. The first-order chi connectivity index (χ1) is 7.88. The highest BCUT2D eigenvalue weighted by molar-refractivity contribution is 7.89. The number of alkyl halides is 1. The second-order valence-electron chi connectivity index (χ2n) is 4.06. The first kappa shape index (κ1) is 13.9. The molecule has 0 amide bonds. The third kappa shape index (κ3) is 2.74. The van der Waals surface area contributed by atoms with Crippen LogP contribution in [0.15, 0.2) is 11.0 Å². The lowest BCUT2D eigenvalue weighted by molar-refractivity contribution is 0.252. The van der Waals surface area contributed by atoms with Gasteiger partial charge in [0.25, 0.3) is 0 Å². The third-order valence-electron chi connectivity index (χ3n) is 2.83. The number of hydrogen-bond acceptors (Lipinski definition) is 3. The molecule has 0 radical (unpaired) electrons. The maximum atomic E-state index is 12.1. The van der Waals surface area contributed by atoms with Gasteiger partial charge in [0.05, 0.1) is 4.34 Å². The van der Waals surface area contributed by atoms with E-state index in [-0.39, 0.29) is 15.1 Å². The minimum atomic E-state index is -3.64. The summed E-state index contributed by atoms with van der Waals surface area (Å²) in [7, 11) is -3.64. The van der Waals surface area contributed by atoms with E-state index in [0.717, 1.165) is 30.6 Å². The monoisotopic (exact) mass is 333 g/mol. The fraction of sp³-hybridized carbons (Fsp3) is 0.556.